The lowest BCUT2D eigenvalue weighted by Crippen LogP contribution is -2.38. The summed E-state index contributed by atoms with van der Waals surface area (Å²) in [6, 6.07) is 16.8. The number of likely N-dealkylation sites (N-methyl/N-ethyl adjacent to an activating group) is 1. The molecule has 2 N–H and O–H groups in total. The van der Waals surface area contributed by atoms with E-state index in [1.54, 1.807) is 0 Å². The van der Waals surface area contributed by atoms with E-state index in [1.807, 2.05) is 19.1 Å². The molecule has 1 atom stereocenters. The van der Waals surface area contributed by atoms with Crippen molar-refractivity contribution in [2.45, 2.75) is 32.9 Å². The second kappa shape index (κ2) is 7.91. The van der Waals surface area contributed by atoms with Crippen LogP contribution in [0.1, 0.15) is 23.9 Å². The lowest BCUT2D eigenvalue weighted by molar-refractivity contribution is 0.257. The first-order valence-corrected chi connectivity index (χ1v) is 7.61. The van der Waals surface area contributed by atoms with Crippen molar-refractivity contribution in [3.05, 3.63) is 65.5 Å². The number of aryl methyl sites for hydroxylation is 1. The molecule has 1 unspecified atom stereocenters. The van der Waals surface area contributed by atoms with Gasteiger partial charge in [0.2, 0.25) is 0 Å². The molecular formula is C18H25N3. The summed E-state index contributed by atoms with van der Waals surface area (Å²) < 4.78 is 0. The average molecular weight is 283 g/mol. The number of pyridine rings is 1. The standard InChI is InChI=1S/C18H25N3/c1-3-21(14-18-11-7-8-15(2)20-18)13-17(19)12-16-9-5-4-6-10-16/h4-11,17H,3,12-14,19H2,1-2H3. The molecule has 0 aliphatic rings. The molecule has 0 aliphatic heterocycles. The van der Waals surface area contributed by atoms with Gasteiger partial charge in [-0.05, 0) is 37.6 Å². The highest BCUT2D eigenvalue weighted by Crippen LogP contribution is 2.07. The van der Waals surface area contributed by atoms with Gasteiger partial charge in [0.1, 0.15) is 0 Å². The third-order valence-corrected chi connectivity index (χ3v) is 3.61. The van der Waals surface area contributed by atoms with Gasteiger partial charge in [-0.2, -0.15) is 0 Å². The van der Waals surface area contributed by atoms with Crippen LogP contribution in [0, 0.1) is 6.92 Å². The number of hydrogen-bond acceptors (Lipinski definition) is 3. The van der Waals surface area contributed by atoms with E-state index in [-0.39, 0.29) is 6.04 Å². The first kappa shape index (κ1) is 15.7. The monoisotopic (exact) mass is 283 g/mol. The first-order chi connectivity index (χ1) is 10.2. The Kier molecular flexibility index (Phi) is 5.90. The van der Waals surface area contributed by atoms with Crippen molar-refractivity contribution < 1.29 is 0 Å². The van der Waals surface area contributed by atoms with Gasteiger partial charge in [-0.1, -0.05) is 43.3 Å². The maximum absolute atomic E-state index is 6.30. The van der Waals surface area contributed by atoms with Crippen molar-refractivity contribution in [3.63, 3.8) is 0 Å². The Balaban J connectivity index is 1.89. The van der Waals surface area contributed by atoms with Gasteiger partial charge in [-0.15, -0.1) is 0 Å². The molecule has 0 bridgehead atoms. The van der Waals surface area contributed by atoms with Crippen molar-refractivity contribution in [1.82, 2.24) is 9.88 Å². The predicted molar refractivity (Wildman–Crippen MR) is 88.0 cm³/mol. The predicted octanol–water partition coefficient (Wildman–Crippen LogP) is 2.78. The van der Waals surface area contributed by atoms with Crippen molar-refractivity contribution in [2.24, 2.45) is 5.73 Å². The number of rotatable bonds is 7. The molecule has 1 heterocycles. The molecule has 0 radical (unpaired) electrons. The number of aromatic nitrogens is 1. The van der Waals surface area contributed by atoms with Gasteiger partial charge in [0.25, 0.3) is 0 Å². The lowest BCUT2D eigenvalue weighted by atomic mass is 10.1. The van der Waals surface area contributed by atoms with E-state index in [9.17, 15) is 0 Å². The third kappa shape index (κ3) is 5.29. The van der Waals surface area contributed by atoms with E-state index in [0.29, 0.717) is 0 Å². The van der Waals surface area contributed by atoms with Crippen LogP contribution < -0.4 is 5.73 Å². The van der Waals surface area contributed by atoms with E-state index < -0.39 is 0 Å². The van der Waals surface area contributed by atoms with Gasteiger partial charge in [0.15, 0.2) is 0 Å². The quantitative estimate of drug-likeness (QED) is 0.849. The summed E-state index contributed by atoms with van der Waals surface area (Å²) in [5.41, 5.74) is 9.79. The minimum atomic E-state index is 0.150. The van der Waals surface area contributed by atoms with Crippen LogP contribution >= 0.6 is 0 Å². The fraction of sp³-hybridized carbons (Fsp3) is 0.389. The van der Waals surface area contributed by atoms with E-state index in [4.69, 9.17) is 5.73 Å². The summed E-state index contributed by atoms with van der Waals surface area (Å²) in [6.45, 7) is 6.94. The molecule has 3 heteroatoms. The third-order valence-electron chi connectivity index (χ3n) is 3.61. The van der Waals surface area contributed by atoms with Gasteiger partial charge >= 0.3 is 0 Å². The van der Waals surface area contributed by atoms with Crippen LogP contribution in [0.3, 0.4) is 0 Å². The average Bonchev–Trinajstić information content (AvgIpc) is 2.47. The molecule has 1 aromatic carbocycles. The van der Waals surface area contributed by atoms with Gasteiger partial charge < -0.3 is 5.73 Å². The smallest absolute Gasteiger partial charge is 0.0547 e. The summed E-state index contributed by atoms with van der Waals surface area (Å²) >= 11 is 0. The highest BCUT2D eigenvalue weighted by atomic mass is 15.1. The van der Waals surface area contributed by atoms with E-state index >= 15 is 0 Å². The molecule has 0 saturated heterocycles. The highest BCUT2D eigenvalue weighted by molar-refractivity contribution is 5.16. The Labute approximate surface area is 127 Å². The molecule has 0 saturated carbocycles. The number of benzene rings is 1. The molecule has 1 aromatic heterocycles. The summed E-state index contributed by atoms with van der Waals surface area (Å²) in [5.74, 6) is 0. The molecule has 21 heavy (non-hydrogen) atoms. The van der Waals surface area contributed by atoms with E-state index in [1.165, 1.54) is 5.56 Å². The van der Waals surface area contributed by atoms with Gasteiger partial charge in [-0.25, -0.2) is 0 Å². The Bertz CT molecular complexity index is 539. The van der Waals surface area contributed by atoms with Crippen molar-refractivity contribution in [2.75, 3.05) is 13.1 Å². The topological polar surface area (TPSA) is 42.2 Å². The SMILES string of the molecule is CCN(Cc1cccc(C)n1)CC(N)Cc1ccccc1. The Morgan fingerprint density at radius 2 is 1.86 bits per heavy atom. The maximum Gasteiger partial charge on any atom is 0.0547 e. The summed E-state index contributed by atoms with van der Waals surface area (Å²) in [5, 5.41) is 0. The van der Waals surface area contributed by atoms with Crippen LogP contribution in [-0.2, 0) is 13.0 Å². The molecule has 0 spiro atoms. The van der Waals surface area contributed by atoms with Crippen LogP contribution in [0.4, 0.5) is 0 Å². The van der Waals surface area contributed by atoms with Crippen molar-refractivity contribution in [3.8, 4) is 0 Å². The second-order valence-corrected chi connectivity index (χ2v) is 5.55. The Morgan fingerprint density at radius 1 is 1.10 bits per heavy atom. The van der Waals surface area contributed by atoms with Gasteiger partial charge in [0, 0.05) is 24.8 Å². The first-order valence-electron chi connectivity index (χ1n) is 7.61. The minimum absolute atomic E-state index is 0.150. The fourth-order valence-corrected chi connectivity index (χ4v) is 2.54. The van der Waals surface area contributed by atoms with Crippen LogP contribution in [0.5, 0.6) is 0 Å². The molecular weight excluding hydrogens is 258 g/mol. The van der Waals surface area contributed by atoms with Crippen LogP contribution in [-0.4, -0.2) is 29.0 Å². The fourth-order valence-electron chi connectivity index (χ4n) is 2.54. The molecule has 3 nitrogen and oxygen atoms in total. The Morgan fingerprint density at radius 3 is 2.52 bits per heavy atom. The van der Waals surface area contributed by atoms with Crippen LogP contribution in [0.2, 0.25) is 0 Å². The number of nitrogens with two attached hydrogens (primary N) is 1. The van der Waals surface area contributed by atoms with Gasteiger partial charge in [0.05, 0.1) is 5.69 Å². The molecule has 0 fully saturated rings. The van der Waals surface area contributed by atoms with E-state index in [2.05, 4.69) is 53.2 Å². The maximum atomic E-state index is 6.30. The zero-order valence-electron chi connectivity index (χ0n) is 13.0. The summed E-state index contributed by atoms with van der Waals surface area (Å²) in [6.07, 6.45) is 0.915. The zero-order valence-corrected chi connectivity index (χ0v) is 13.0. The van der Waals surface area contributed by atoms with Crippen molar-refractivity contribution >= 4 is 0 Å². The molecule has 2 aromatic rings. The Hall–Kier alpha value is -1.71. The number of nitrogens with zero attached hydrogens (tertiary/aromatic N) is 2. The van der Waals surface area contributed by atoms with Crippen molar-refractivity contribution in [1.29, 1.82) is 0 Å². The molecule has 112 valence electrons. The molecule has 0 amide bonds. The van der Waals surface area contributed by atoms with E-state index in [0.717, 1.165) is 37.4 Å². The highest BCUT2D eigenvalue weighted by Gasteiger charge is 2.11. The normalized spacial score (nSPS) is 12.6. The van der Waals surface area contributed by atoms with Gasteiger partial charge in [-0.3, -0.25) is 9.88 Å². The number of hydrogen-bond donors (Lipinski definition) is 1. The second-order valence-electron chi connectivity index (χ2n) is 5.55. The lowest BCUT2D eigenvalue weighted by Gasteiger charge is -2.24. The zero-order chi connectivity index (χ0) is 15.1. The van der Waals surface area contributed by atoms with Crippen LogP contribution in [0.25, 0.3) is 0 Å². The minimum Gasteiger partial charge on any atom is -0.326 e. The summed E-state index contributed by atoms with van der Waals surface area (Å²) in [4.78, 5) is 6.93. The summed E-state index contributed by atoms with van der Waals surface area (Å²) in [7, 11) is 0. The largest absolute Gasteiger partial charge is 0.326 e. The molecule has 0 aliphatic carbocycles. The van der Waals surface area contributed by atoms with Crippen LogP contribution in [0.15, 0.2) is 48.5 Å². The molecule has 2 rings (SSSR count).